The molecule has 0 radical (unpaired) electrons. The molecule has 1 rings (SSSR count). The monoisotopic (exact) mass is 253 g/mol. The van der Waals surface area contributed by atoms with Crippen molar-refractivity contribution in [2.24, 2.45) is 5.92 Å². The molecule has 4 heteroatoms. The zero-order chi connectivity index (χ0) is 13.4. The second kappa shape index (κ2) is 7.95. The summed E-state index contributed by atoms with van der Waals surface area (Å²) in [6.07, 6.45) is 0. The maximum Gasteiger partial charge on any atom is 0.119 e. The molecule has 2 unspecified atom stereocenters. The second-order valence-electron chi connectivity index (χ2n) is 4.43. The van der Waals surface area contributed by atoms with Gasteiger partial charge in [-0.05, 0) is 37.1 Å². The van der Waals surface area contributed by atoms with E-state index in [2.05, 4.69) is 12.2 Å². The first kappa shape index (κ1) is 14.8. The van der Waals surface area contributed by atoms with E-state index in [0.717, 1.165) is 18.0 Å². The summed E-state index contributed by atoms with van der Waals surface area (Å²) in [5, 5.41) is 12.3. The van der Waals surface area contributed by atoms with Crippen LogP contribution in [0.1, 0.15) is 13.8 Å². The zero-order valence-corrected chi connectivity index (χ0v) is 11.3. The molecule has 0 aromatic heterocycles. The highest BCUT2D eigenvalue weighted by Crippen LogP contribution is 2.16. The Balaban J connectivity index is 2.21. The summed E-state index contributed by atoms with van der Waals surface area (Å²) >= 11 is 0. The summed E-state index contributed by atoms with van der Waals surface area (Å²) in [5.41, 5.74) is 0. The first-order valence-corrected chi connectivity index (χ1v) is 6.28. The van der Waals surface area contributed by atoms with E-state index in [9.17, 15) is 0 Å². The molecule has 1 aromatic rings. The highest BCUT2D eigenvalue weighted by atomic mass is 16.5. The predicted molar refractivity (Wildman–Crippen MR) is 72.2 cm³/mol. The van der Waals surface area contributed by atoms with Crippen LogP contribution in [0, 0.1) is 5.92 Å². The molecule has 0 heterocycles. The molecule has 0 aliphatic rings. The summed E-state index contributed by atoms with van der Waals surface area (Å²) in [7, 11) is 1.64. The van der Waals surface area contributed by atoms with E-state index >= 15 is 0 Å². The van der Waals surface area contributed by atoms with Crippen molar-refractivity contribution >= 4 is 0 Å². The highest BCUT2D eigenvalue weighted by molar-refractivity contribution is 5.31. The number of hydrogen-bond donors (Lipinski definition) is 2. The molecule has 0 aliphatic heterocycles. The SMILES string of the molecule is COc1ccc(OCCNC(C)C(C)CO)cc1. The van der Waals surface area contributed by atoms with Gasteiger partial charge < -0.3 is 19.9 Å². The van der Waals surface area contributed by atoms with Crippen LogP contribution in [0.15, 0.2) is 24.3 Å². The van der Waals surface area contributed by atoms with Crippen LogP contribution in [-0.2, 0) is 0 Å². The Bertz CT molecular complexity index is 326. The van der Waals surface area contributed by atoms with Crippen LogP contribution < -0.4 is 14.8 Å². The Kier molecular flexibility index (Phi) is 6.54. The van der Waals surface area contributed by atoms with Gasteiger partial charge >= 0.3 is 0 Å². The van der Waals surface area contributed by atoms with Gasteiger partial charge in [0.25, 0.3) is 0 Å². The van der Waals surface area contributed by atoms with E-state index in [1.807, 2.05) is 31.2 Å². The molecule has 2 atom stereocenters. The van der Waals surface area contributed by atoms with Crippen LogP contribution in [0.4, 0.5) is 0 Å². The van der Waals surface area contributed by atoms with E-state index in [0.29, 0.717) is 6.61 Å². The fourth-order valence-electron chi connectivity index (χ4n) is 1.49. The summed E-state index contributed by atoms with van der Waals surface area (Å²) in [6.45, 7) is 5.65. The Labute approximate surface area is 109 Å². The molecule has 2 N–H and O–H groups in total. The van der Waals surface area contributed by atoms with Gasteiger partial charge in [-0.1, -0.05) is 6.92 Å². The van der Waals surface area contributed by atoms with Crippen LogP contribution in [0.2, 0.25) is 0 Å². The molecule has 18 heavy (non-hydrogen) atoms. The van der Waals surface area contributed by atoms with E-state index in [4.69, 9.17) is 14.6 Å². The third-order valence-electron chi connectivity index (χ3n) is 3.04. The van der Waals surface area contributed by atoms with Crippen molar-refractivity contribution in [1.29, 1.82) is 0 Å². The second-order valence-corrected chi connectivity index (χ2v) is 4.43. The van der Waals surface area contributed by atoms with Crippen LogP contribution in [0.3, 0.4) is 0 Å². The minimum absolute atomic E-state index is 0.202. The first-order valence-electron chi connectivity index (χ1n) is 6.28. The Morgan fingerprint density at radius 1 is 1.17 bits per heavy atom. The molecular formula is C14H23NO3. The number of hydrogen-bond acceptors (Lipinski definition) is 4. The van der Waals surface area contributed by atoms with Crippen molar-refractivity contribution < 1.29 is 14.6 Å². The van der Waals surface area contributed by atoms with Gasteiger partial charge in [-0.25, -0.2) is 0 Å². The van der Waals surface area contributed by atoms with E-state index < -0.39 is 0 Å². The number of aliphatic hydroxyl groups is 1. The Hall–Kier alpha value is -1.26. The fraction of sp³-hybridized carbons (Fsp3) is 0.571. The van der Waals surface area contributed by atoms with Gasteiger partial charge in [-0.2, -0.15) is 0 Å². The Morgan fingerprint density at radius 2 is 1.78 bits per heavy atom. The maximum absolute atomic E-state index is 9.01. The molecule has 0 spiro atoms. The van der Waals surface area contributed by atoms with E-state index in [-0.39, 0.29) is 18.6 Å². The lowest BCUT2D eigenvalue weighted by Gasteiger charge is -2.19. The largest absolute Gasteiger partial charge is 0.497 e. The van der Waals surface area contributed by atoms with Gasteiger partial charge in [0.15, 0.2) is 0 Å². The zero-order valence-electron chi connectivity index (χ0n) is 11.3. The van der Waals surface area contributed by atoms with Gasteiger partial charge in [0.2, 0.25) is 0 Å². The number of ether oxygens (including phenoxy) is 2. The first-order chi connectivity index (χ1) is 8.67. The van der Waals surface area contributed by atoms with Crippen LogP contribution >= 0.6 is 0 Å². The minimum atomic E-state index is 0.202. The van der Waals surface area contributed by atoms with Crippen molar-refractivity contribution in [2.45, 2.75) is 19.9 Å². The lowest BCUT2D eigenvalue weighted by atomic mass is 10.1. The van der Waals surface area contributed by atoms with Gasteiger partial charge in [0, 0.05) is 19.2 Å². The molecule has 4 nitrogen and oxygen atoms in total. The standard InChI is InChI=1S/C14H23NO3/c1-11(10-16)12(2)15-8-9-18-14-6-4-13(17-3)5-7-14/h4-7,11-12,15-16H,8-10H2,1-3H3. The average molecular weight is 253 g/mol. The van der Waals surface area contributed by atoms with Crippen molar-refractivity contribution in [1.82, 2.24) is 5.32 Å². The van der Waals surface area contributed by atoms with Crippen LogP contribution in [0.5, 0.6) is 11.5 Å². The summed E-state index contributed by atoms with van der Waals surface area (Å²) < 4.78 is 10.7. The van der Waals surface area contributed by atoms with Crippen molar-refractivity contribution in [3.05, 3.63) is 24.3 Å². The summed E-state index contributed by atoms with van der Waals surface area (Å²) in [4.78, 5) is 0. The van der Waals surface area contributed by atoms with E-state index in [1.54, 1.807) is 7.11 Å². The molecular weight excluding hydrogens is 230 g/mol. The number of aliphatic hydroxyl groups excluding tert-OH is 1. The van der Waals surface area contributed by atoms with E-state index in [1.165, 1.54) is 0 Å². The quantitative estimate of drug-likeness (QED) is 0.692. The Morgan fingerprint density at radius 3 is 2.33 bits per heavy atom. The lowest BCUT2D eigenvalue weighted by molar-refractivity contribution is 0.202. The molecule has 1 aromatic carbocycles. The predicted octanol–water partition coefficient (Wildman–Crippen LogP) is 1.68. The molecule has 102 valence electrons. The van der Waals surface area contributed by atoms with Crippen molar-refractivity contribution in [3.8, 4) is 11.5 Å². The lowest BCUT2D eigenvalue weighted by Crippen LogP contribution is -2.36. The molecule has 0 bridgehead atoms. The summed E-state index contributed by atoms with van der Waals surface area (Å²) in [5.74, 6) is 1.91. The number of rotatable bonds is 8. The number of methoxy groups -OCH3 is 1. The highest BCUT2D eigenvalue weighted by Gasteiger charge is 2.09. The summed E-state index contributed by atoms with van der Waals surface area (Å²) in [6, 6.07) is 7.81. The van der Waals surface area contributed by atoms with Gasteiger partial charge in [0.1, 0.15) is 18.1 Å². The van der Waals surface area contributed by atoms with Crippen LogP contribution in [0.25, 0.3) is 0 Å². The molecule has 0 amide bonds. The number of benzene rings is 1. The molecule has 0 fully saturated rings. The fourth-order valence-corrected chi connectivity index (χ4v) is 1.49. The third kappa shape index (κ3) is 4.94. The smallest absolute Gasteiger partial charge is 0.119 e. The van der Waals surface area contributed by atoms with Gasteiger partial charge in [-0.15, -0.1) is 0 Å². The number of nitrogens with one attached hydrogen (secondary N) is 1. The van der Waals surface area contributed by atoms with Gasteiger partial charge in [-0.3, -0.25) is 0 Å². The van der Waals surface area contributed by atoms with Crippen molar-refractivity contribution in [2.75, 3.05) is 26.9 Å². The topological polar surface area (TPSA) is 50.7 Å². The molecule has 0 saturated heterocycles. The average Bonchev–Trinajstić information content (AvgIpc) is 2.43. The van der Waals surface area contributed by atoms with Gasteiger partial charge in [0.05, 0.1) is 7.11 Å². The third-order valence-corrected chi connectivity index (χ3v) is 3.04. The van der Waals surface area contributed by atoms with Crippen molar-refractivity contribution in [3.63, 3.8) is 0 Å². The molecule has 0 aliphatic carbocycles. The normalized spacial score (nSPS) is 14.0. The molecule has 0 saturated carbocycles. The van der Waals surface area contributed by atoms with Crippen LogP contribution in [-0.4, -0.2) is 38.0 Å². The maximum atomic E-state index is 9.01. The minimum Gasteiger partial charge on any atom is -0.497 e.